The van der Waals surface area contributed by atoms with E-state index in [1.54, 1.807) is 19.9 Å². The second-order valence-corrected chi connectivity index (χ2v) is 5.08. The number of benzene rings is 1. The molecule has 1 aromatic rings. The quantitative estimate of drug-likeness (QED) is 0.821. The summed E-state index contributed by atoms with van der Waals surface area (Å²) in [6.07, 6.45) is 0. The Hall–Kier alpha value is -0.730. The molecular weight excluding hydrogens is 245 g/mol. The molecule has 0 aromatic heterocycles. The van der Waals surface area contributed by atoms with Crippen LogP contribution in [0.2, 0.25) is 5.02 Å². The van der Waals surface area contributed by atoms with Crippen molar-refractivity contribution in [2.45, 2.75) is 20.8 Å². The van der Waals surface area contributed by atoms with Crippen LogP contribution in [0.15, 0.2) is 18.2 Å². The van der Waals surface area contributed by atoms with Gasteiger partial charge in [-0.05, 0) is 32.4 Å². The molecule has 88 valence electrons. The second kappa shape index (κ2) is 5.07. The van der Waals surface area contributed by atoms with Crippen LogP contribution in [-0.4, -0.2) is 11.8 Å². The van der Waals surface area contributed by atoms with Gasteiger partial charge in [0.15, 0.2) is 0 Å². The summed E-state index contributed by atoms with van der Waals surface area (Å²) in [5.74, 6) is 0.140. The average Bonchev–Trinajstić information content (AvgIpc) is 2.23. The zero-order chi connectivity index (χ0) is 12.3. The first-order valence-electron chi connectivity index (χ1n) is 5.01. The summed E-state index contributed by atoms with van der Waals surface area (Å²) in [6.45, 7) is 5.48. The van der Waals surface area contributed by atoms with Crippen molar-refractivity contribution in [3.8, 4) is 0 Å². The number of halogens is 2. The molecule has 1 N–H and O–H groups in total. The van der Waals surface area contributed by atoms with E-state index < -0.39 is 5.41 Å². The molecule has 0 saturated heterocycles. The number of aryl methyl sites for hydroxylation is 1. The molecule has 1 rings (SSSR count). The molecule has 0 heterocycles. The van der Waals surface area contributed by atoms with E-state index in [1.807, 2.05) is 19.1 Å². The van der Waals surface area contributed by atoms with Crippen molar-refractivity contribution >= 4 is 34.8 Å². The molecule has 0 spiro atoms. The van der Waals surface area contributed by atoms with Crippen molar-refractivity contribution in [1.29, 1.82) is 0 Å². The third-order valence-corrected chi connectivity index (χ3v) is 3.39. The van der Waals surface area contributed by atoms with E-state index in [-0.39, 0.29) is 11.8 Å². The number of hydrogen-bond donors (Lipinski definition) is 1. The van der Waals surface area contributed by atoms with Gasteiger partial charge in [-0.1, -0.05) is 23.7 Å². The highest BCUT2D eigenvalue weighted by Gasteiger charge is 2.27. The Balaban J connectivity index is 2.94. The highest BCUT2D eigenvalue weighted by molar-refractivity contribution is 6.34. The average molecular weight is 260 g/mol. The molecule has 0 aliphatic rings. The summed E-state index contributed by atoms with van der Waals surface area (Å²) in [5, 5.41) is 3.35. The number of nitrogens with one attached hydrogen (secondary N) is 1. The number of rotatable bonds is 3. The van der Waals surface area contributed by atoms with E-state index >= 15 is 0 Å². The van der Waals surface area contributed by atoms with Gasteiger partial charge in [0.25, 0.3) is 0 Å². The minimum absolute atomic E-state index is 0.126. The van der Waals surface area contributed by atoms with Gasteiger partial charge in [-0.15, -0.1) is 11.6 Å². The van der Waals surface area contributed by atoms with Crippen LogP contribution in [0.25, 0.3) is 0 Å². The van der Waals surface area contributed by atoms with Crippen molar-refractivity contribution < 1.29 is 4.79 Å². The molecule has 2 nitrogen and oxygen atoms in total. The van der Waals surface area contributed by atoms with E-state index in [2.05, 4.69) is 5.32 Å². The molecule has 0 radical (unpaired) electrons. The largest absolute Gasteiger partial charge is 0.324 e. The Morgan fingerprint density at radius 1 is 1.44 bits per heavy atom. The Morgan fingerprint density at radius 3 is 2.56 bits per heavy atom. The fourth-order valence-corrected chi connectivity index (χ4v) is 1.52. The maximum absolute atomic E-state index is 11.9. The van der Waals surface area contributed by atoms with Crippen molar-refractivity contribution in [3.63, 3.8) is 0 Å². The standard InChI is InChI=1S/C12H15Cl2NO/c1-8-5-4-6-9(14)10(8)15-11(16)12(2,3)7-13/h4-6H,7H2,1-3H3,(H,15,16). The second-order valence-electron chi connectivity index (χ2n) is 4.40. The lowest BCUT2D eigenvalue weighted by Gasteiger charge is -2.21. The van der Waals surface area contributed by atoms with Gasteiger partial charge in [0.05, 0.1) is 16.1 Å². The molecule has 0 aliphatic carbocycles. The van der Waals surface area contributed by atoms with Gasteiger partial charge in [-0.3, -0.25) is 4.79 Å². The predicted octanol–water partition coefficient (Wildman–Crippen LogP) is 3.85. The third kappa shape index (κ3) is 2.89. The number of para-hydroxylation sites is 1. The van der Waals surface area contributed by atoms with Gasteiger partial charge in [0, 0.05) is 5.88 Å². The van der Waals surface area contributed by atoms with Crippen LogP contribution in [0.3, 0.4) is 0 Å². The molecule has 0 unspecified atom stereocenters. The molecule has 1 amide bonds. The van der Waals surface area contributed by atoms with Crippen LogP contribution >= 0.6 is 23.2 Å². The van der Waals surface area contributed by atoms with E-state index in [0.717, 1.165) is 5.56 Å². The number of hydrogen-bond acceptors (Lipinski definition) is 1. The third-order valence-electron chi connectivity index (χ3n) is 2.41. The van der Waals surface area contributed by atoms with Crippen LogP contribution in [0.4, 0.5) is 5.69 Å². The lowest BCUT2D eigenvalue weighted by atomic mass is 9.95. The van der Waals surface area contributed by atoms with Crippen LogP contribution in [0, 0.1) is 12.3 Å². The molecule has 16 heavy (non-hydrogen) atoms. The number of anilines is 1. The Bertz CT molecular complexity index is 382. The van der Waals surface area contributed by atoms with E-state index in [1.165, 1.54) is 0 Å². The summed E-state index contributed by atoms with van der Waals surface area (Å²) in [6, 6.07) is 5.49. The van der Waals surface area contributed by atoms with Crippen molar-refractivity contribution in [2.24, 2.45) is 5.41 Å². The van der Waals surface area contributed by atoms with E-state index in [9.17, 15) is 4.79 Å². The first-order valence-corrected chi connectivity index (χ1v) is 5.92. The fraction of sp³-hybridized carbons (Fsp3) is 0.417. The SMILES string of the molecule is Cc1cccc(Cl)c1NC(=O)C(C)(C)CCl. The highest BCUT2D eigenvalue weighted by Crippen LogP contribution is 2.28. The summed E-state index contributed by atoms with van der Waals surface area (Å²) in [7, 11) is 0. The topological polar surface area (TPSA) is 29.1 Å². The first kappa shape index (κ1) is 13.3. The first-order chi connectivity index (χ1) is 7.38. The minimum atomic E-state index is -0.604. The summed E-state index contributed by atoms with van der Waals surface area (Å²) >= 11 is 11.8. The Morgan fingerprint density at radius 2 is 2.06 bits per heavy atom. The fourth-order valence-electron chi connectivity index (χ4n) is 1.13. The Kier molecular flexibility index (Phi) is 4.22. The molecule has 4 heteroatoms. The van der Waals surface area contributed by atoms with Gasteiger partial charge in [-0.2, -0.15) is 0 Å². The molecular formula is C12H15Cl2NO. The monoisotopic (exact) mass is 259 g/mol. The normalized spacial score (nSPS) is 11.3. The highest BCUT2D eigenvalue weighted by atomic mass is 35.5. The van der Waals surface area contributed by atoms with Gasteiger partial charge >= 0.3 is 0 Å². The van der Waals surface area contributed by atoms with Gasteiger partial charge < -0.3 is 5.32 Å². The van der Waals surface area contributed by atoms with Crippen molar-refractivity contribution in [3.05, 3.63) is 28.8 Å². The predicted molar refractivity (Wildman–Crippen MR) is 69.3 cm³/mol. The van der Waals surface area contributed by atoms with Gasteiger partial charge in [0.1, 0.15) is 0 Å². The molecule has 1 aromatic carbocycles. The molecule has 0 atom stereocenters. The molecule has 0 bridgehead atoms. The number of alkyl halides is 1. The van der Waals surface area contributed by atoms with Crippen LogP contribution in [-0.2, 0) is 4.79 Å². The van der Waals surface area contributed by atoms with Crippen LogP contribution in [0.5, 0.6) is 0 Å². The van der Waals surface area contributed by atoms with Crippen molar-refractivity contribution in [2.75, 3.05) is 11.2 Å². The maximum atomic E-state index is 11.9. The zero-order valence-electron chi connectivity index (χ0n) is 9.60. The lowest BCUT2D eigenvalue weighted by Crippen LogP contribution is -2.32. The zero-order valence-corrected chi connectivity index (χ0v) is 11.1. The smallest absolute Gasteiger partial charge is 0.231 e. The molecule has 0 saturated carbocycles. The summed E-state index contributed by atoms with van der Waals surface area (Å²) in [4.78, 5) is 11.9. The van der Waals surface area contributed by atoms with E-state index in [0.29, 0.717) is 10.7 Å². The molecule has 0 aliphatic heterocycles. The number of carbonyl (C=O) groups is 1. The van der Waals surface area contributed by atoms with E-state index in [4.69, 9.17) is 23.2 Å². The van der Waals surface area contributed by atoms with Gasteiger partial charge in [-0.25, -0.2) is 0 Å². The molecule has 0 fully saturated rings. The minimum Gasteiger partial charge on any atom is -0.324 e. The van der Waals surface area contributed by atoms with Crippen LogP contribution < -0.4 is 5.32 Å². The maximum Gasteiger partial charge on any atom is 0.231 e. The number of amides is 1. The Labute approximate surface area is 106 Å². The summed E-state index contributed by atoms with van der Waals surface area (Å²) < 4.78 is 0. The number of carbonyl (C=O) groups excluding carboxylic acids is 1. The van der Waals surface area contributed by atoms with Crippen molar-refractivity contribution in [1.82, 2.24) is 0 Å². The summed E-state index contributed by atoms with van der Waals surface area (Å²) in [5.41, 5.74) is 0.992. The van der Waals surface area contributed by atoms with Gasteiger partial charge in [0.2, 0.25) is 5.91 Å². The van der Waals surface area contributed by atoms with Crippen LogP contribution in [0.1, 0.15) is 19.4 Å². The lowest BCUT2D eigenvalue weighted by molar-refractivity contribution is -0.122.